The molecule has 1 aliphatic rings. The van der Waals surface area contributed by atoms with Gasteiger partial charge in [-0.05, 0) is 30.4 Å². The minimum Gasteiger partial charge on any atom is -0.407 e. The summed E-state index contributed by atoms with van der Waals surface area (Å²) in [7, 11) is -3.30. The third-order valence-corrected chi connectivity index (χ3v) is 5.98. The first-order valence-corrected chi connectivity index (χ1v) is 10.9. The number of piperidine rings is 1. The Labute approximate surface area is 159 Å². The first-order valence-electron chi connectivity index (χ1n) is 9.01. The number of aryl methyl sites for hydroxylation is 1. The van der Waals surface area contributed by atoms with Gasteiger partial charge in [-0.2, -0.15) is 0 Å². The fourth-order valence-corrected chi connectivity index (χ4v) is 4.02. The topological polar surface area (TPSA) is 105 Å². The number of carbonyl (C=O) groups excluding carboxylic acids is 1. The summed E-state index contributed by atoms with van der Waals surface area (Å²) in [5.74, 6) is -0.313. The van der Waals surface area contributed by atoms with Crippen molar-refractivity contribution in [1.82, 2.24) is 14.5 Å². The molecule has 0 aliphatic carbocycles. The second-order valence-electron chi connectivity index (χ2n) is 6.80. The van der Waals surface area contributed by atoms with Gasteiger partial charge in [0.2, 0.25) is 21.8 Å². The minimum atomic E-state index is -3.30. The molecule has 1 aliphatic heterocycles. The number of aromatic nitrogens is 2. The molecule has 1 saturated heterocycles. The van der Waals surface area contributed by atoms with E-state index in [0.29, 0.717) is 31.7 Å². The second kappa shape index (κ2) is 8.18. The zero-order valence-corrected chi connectivity index (χ0v) is 16.3. The Morgan fingerprint density at radius 3 is 2.63 bits per heavy atom. The number of rotatable bonds is 6. The predicted octanol–water partition coefficient (Wildman–Crippen LogP) is 1.83. The Balaban J connectivity index is 1.59. The number of nitrogens with one attached hydrogen (secondary N) is 1. The molecule has 1 unspecified atom stereocenters. The standard InChI is InChI=1S/C18H24N4O4S/c1-3-13-6-8-14(9-7-13)11-16-20-21-18(26-16)19-17(23)15-5-4-10-22(12-15)27(2,24)25/h6-9,15H,3-5,10-12H2,1-2H3,(H,19,21,23). The Kier molecular flexibility index (Phi) is 5.91. The van der Waals surface area contributed by atoms with Crippen LogP contribution in [0.15, 0.2) is 28.7 Å². The maximum atomic E-state index is 12.4. The third kappa shape index (κ3) is 5.14. The normalized spacial score (nSPS) is 18.4. The largest absolute Gasteiger partial charge is 0.407 e. The third-order valence-electron chi connectivity index (χ3n) is 4.71. The molecule has 1 aromatic heterocycles. The zero-order chi connectivity index (χ0) is 19.4. The Hall–Kier alpha value is -2.26. The summed E-state index contributed by atoms with van der Waals surface area (Å²) in [4.78, 5) is 12.4. The molecule has 8 nitrogen and oxygen atoms in total. The molecule has 0 spiro atoms. The van der Waals surface area contributed by atoms with Crippen LogP contribution in [-0.2, 0) is 27.7 Å². The van der Waals surface area contributed by atoms with Crippen LogP contribution < -0.4 is 5.32 Å². The number of hydrogen-bond acceptors (Lipinski definition) is 6. The van der Waals surface area contributed by atoms with E-state index in [1.165, 1.54) is 9.87 Å². The van der Waals surface area contributed by atoms with Crippen molar-refractivity contribution < 1.29 is 17.6 Å². The highest BCUT2D eigenvalue weighted by Crippen LogP contribution is 2.20. The van der Waals surface area contributed by atoms with Crippen LogP contribution in [0.2, 0.25) is 0 Å². The molecule has 0 saturated carbocycles. The molecular weight excluding hydrogens is 368 g/mol. The van der Waals surface area contributed by atoms with Gasteiger partial charge >= 0.3 is 6.01 Å². The lowest BCUT2D eigenvalue weighted by Gasteiger charge is -2.29. The van der Waals surface area contributed by atoms with Crippen LogP contribution >= 0.6 is 0 Å². The Bertz CT molecular complexity index is 892. The summed E-state index contributed by atoms with van der Waals surface area (Å²) in [6, 6.07) is 8.19. The number of benzene rings is 1. The quantitative estimate of drug-likeness (QED) is 0.804. The molecule has 0 bridgehead atoms. The minimum absolute atomic E-state index is 0.0386. The summed E-state index contributed by atoms with van der Waals surface area (Å²) in [6.07, 6.45) is 3.90. The summed E-state index contributed by atoms with van der Waals surface area (Å²) in [5.41, 5.74) is 2.30. The zero-order valence-electron chi connectivity index (χ0n) is 15.5. The van der Waals surface area contributed by atoms with Crippen LogP contribution in [0.3, 0.4) is 0 Å². The lowest BCUT2D eigenvalue weighted by atomic mass is 9.99. The molecule has 0 radical (unpaired) electrons. The smallest absolute Gasteiger partial charge is 0.322 e. The van der Waals surface area contributed by atoms with Crippen LogP contribution in [0.1, 0.15) is 36.8 Å². The van der Waals surface area contributed by atoms with Crippen molar-refractivity contribution in [2.75, 3.05) is 24.7 Å². The van der Waals surface area contributed by atoms with Crippen LogP contribution in [0.4, 0.5) is 6.01 Å². The van der Waals surface area contributed by atoms with Crippen molar-refractivity contribution in [2.24, 2.45) is 5.92 Å². The lowest BCUT2D eigenvalue weighted by molar-refractivity contribution is -0.121. The summed E-state index contributed by atoms with van der Waals surface area (Å²) in [6.45, 7) is 2.73. The molecule has 9 heteroatoms. The average molecular weight is 392 g/mol. The van der Waals surface area contributed by atoms with E-state index in [1.807, 2.05) is 12.1 Å². The van der Waals surface area contributed by atoms with E-state index in [0.717, 1.165) is 18.2 Å². The van der Waals surface area contributed by atoms with E-state index in [2.05, 4.69) is 34.6 Å². The molecule has 1 N–H and O–H groups in total. The van der Waals surface area contributed by atoms with E-state index in [-0.39, 0.29) is 18.5 Å². The van der Waals surface area contributed by atoms with Gasteiger partial charge in [-0.15, -0.1) is 5.10 Å². The first-order chi connectivity index (χ1) is 12.8. The number of anilines is 1. The van der Waals surface area contributed by atoms with Gasteiger partial charge < -0.3 is 4.42 Å². The molecular formula is C18H24N4O4S. The highest BCUT2D eigenvalue weighted by Gasteiger charge is 2.30. The predicted molar refractivity (Wildman–Crippen MR) is 101 cm³/mol. The highest BCUT2D eigenvalue weighted by atomic mass is 32.2. The van der Waals surface area contributed by atoms with Crippen LogP contribution in [0.25, 0.3) is 0 Å². The first kappa shape index (κ1) is 19.5. The Morgan fingerprint density at radius 1 is 1.26 bits per heavy atom. The van der Waals surface area contributed by atoms with Crippen molar-refractivity contribution in [2.45, 2.75) is 32.6 Å². The van der Waals surface area contributed by atoms with E-state index in [9.17, 15) is 13.2 Å². The van der Waals surface area contributed by atoms with Gasteiger partial charge in [0.25, 0.3) is 0 Å². The van der Waals surface area contributed by atoms with Gasteiger partial charge in [0.05, 0.1) is 18.6 Å². The summed E-state index contributed by atoms with van der Waals surface area (Å²) >= 11 is 0. The van der Waals surface area contributed by atoms with Crippen molar-refractivity contribution in [1.29, 1.82) is 0 Å². The highest BCUT2D eigenvalue weighted by molar-refractivity contribution is 7.88. The van der Waals surface area contributed by atoms with E-state index >= 15 is 0 Å². The summed E-state index contributed by atoms with van der Waals surface area (Å²) in [5, 5.41) is 10.4. The monoisotopic (exact) mass is 392 g/mol. The number of sulfonamides is 1. The van der Waals surface area contributed by atoms with Gasteiger partial charge in [0.15, 0.2) is 0 Å². The SMILES string of the molecule is CCc1ccc(Cc2nnc(NC(=O)C3CCCN(S(C)(=O)=O)C3)o2)cc1. The number of carbonyl (C=O) groups is 1. The fraction of sp³-hybridized carbons (Fsp3) is 0.500. The molecule has 2 heterocycles. The summed E-state index contributed by atoms with van der Waals surface area (Å²) < 4.78 is 30.2. The van der Waals surface area contributed by atoms with Crippen molar-refractivity contribution in [3.05, 3.63) is 41.3 Å². The van der Waals surface area contributed by atoms with E-state index < -0.39 is 15.9 Å². The van der Waals surface area contributed by atoms with Crippen molar-refractivity contribution in [3.8, 4) is 0 Å². The number of hydrogen-bond donors (Lipinski definition) is 1. The van der Waals surface area contributed by atoms with Gasteiger partial charge in [-0.3, -0.25) is 10.1 Å². The molecule has 146 valence electrons. The average Bonchev–Trinajstić information content (AvgIpc) is 3.08. The Morgan fingerprint density at radius 2 is 1.96 bits per heavy atom. The number of nitrogens with zero attached hydrogens (tertiary/aromatic N) is 3. The maximum absolute atomic E-state index is 12.4. The van der Waals surface area contributed by atoms with Crippen LogP contribution in [-0.4, -0.2) is 48.2 Å². The lowest BCUT2D eigenvalue weighted by Crippen LogP contribution is -2.43. The molecule has 2 aromatic rings. The van der Waals surface area contributed by atoms with Gasteiger partial charge in [-0.25, -0.2) is 12.7 Å². The molecule has 1 fully saturated rings. The molecule has 1 amide bonds. The van der Waals surface area contributed by atoms with Gasteiger partial charge in [0.1, 0.15) is 0 Å². The van der Waals surface area contributed by atoms with Gasteiger partial charge in [0, 0.05) is 13.1 Å². The second-order valence-corrected chi connectivity index (χ2v) is 8.78. The van der Waals surface area contributed by atoms with Crippen LogP contribution in [0.5, 0.6) is 0 Å². The maximum Gasteiger partial charge on any atom is 0.322 e. The number of amides is 1. The van der Waals surface area contributed by atoms with Crippen molar-refractivity contribution in [3.63, 3.8) is 0 Å². The van der Waals surface area contributed by atoms with Crippen LogP contribution in [0, 0.1) is 5.92 Å². The fourth-order valence-electron chi connectivity index (χ4n) is 3.11. The molecule has 1 aromatic carbocycles. The van der Waals surface area contributed by atoms with E-state index in [1.54, 1.807) is 0 Å². The molecule has 3 rings (SSSR count). The van der Waals surface area contributed by atoms with E-state index in [4.69, 9.17) is 4.42 Å². The molecule has 27 heavy (non-hydrogen) atoms. The molecule has 1 atom stereocenters. The van der Waals surface area contributed by atoms with Crippen molar-refractivity contribution >= 4 is 21.9 Å². The van der Waals surface area contributed by atoms with Gasteiger partial charge in [-0.1, -0.05) is 36.3 Å².